The lowest BCUT2D eigenvalue weighted by molar-refractivity contribution is 0.447. The minimum atomic E-state index is -0.122. The highest BCUT2D eigenvalue weighted by Crippen LogP contribution is 2.52. The van der Waals surface area contributed by atoms with Crippen molar-refractivity contribution in [1.29, 1.82) is 0 Å². The molecule has 0 N–H and O–H groups in total. The Labute approximate surface area is 430 Å². The Kier molecular flexibility index (Phi) is 9.59. The SMILES string of the molecule is C1=C=C2C3=C(C=1)Oc1c(ccc4c1sc1cc(N(c5ccccc5)c5ccccc5)ccc14)B3c1ccc3c(sc4cc(N(c5ccccc5)c5ccccc5)ccc43)c1N2c1ccccc1-c1ccccc1. The van der Waals surface area contributed by atoms with Crippen molar-refractivity contribution in [2.75, 3.05) is 14.7 Å². The van der Waals surface area contributed by atoms with E-state index in [4.69, 9.17) is 4.74 Å². The third-order valence-electron chi connectivity index (χ3n) is 14.5. The predicted molar refractivity (Wildman–Crippen MR) is 310 cm³/mol. The van der Waals surface area contributed by atoms with Crippen LogP contribution in [-0.2, 0) is 0 Å². The minimum Gasteiger partial charge on any atom is -0.456 e. The van der Waals surface area contributed by atoms with Crippen LogP contribution in [0.25, 0.3) is 51.5 Å². The highest BCUT2D eigenvalue weighted by atomic mass is 32.1. The number of para-hydroxylation sites is 5. The van der Waals surface area contributed by atoms with Gasteiger partial charge >= 0.3 is 0 Å². The summed E-state index contributed by atoms with van der Waals surface area (Å²) >= 11 is 3.68. The molecule has 15 rings (SSSR count). The number of hydrogen-bond acceptors (Lipinski definition) is 6. The zero-order valence-corrected chi connectivity index (χ0v) is 40.9. The van der Waals surface area contributed by atoms with Crippen LogP contribution in [0.15, 0.2) is 271 Å². The fourth-order valence-corrected chi connectivity index (χ4v) is 13.9. The first-order valence-corrected chi connectivity index (χ1v) is 26.2. The Morgan fingerprint density at radius 1 is 0.438 bits per heavy atom. The summed E-state index contributed by atoms with van der Waals surface area (Å²) in [4.78, 5) is 7.14. The Balaban J connectivity index is 0.947. The number of rotatable bonds is 8. The Bertz CT molecular complexity index is 4250. The van der Waals surface area contributed by atoms with E-state index in [0.29, 0.717) is 0 Å². The van der Waals surface area contributed by atoms with Gasteiger partial charge < -0.3 is 19.4 Å². The van der Waals surface area contributed by atoms with Crippen molar-refractivity contribution in [3.63, 3.8) is 0 Å². The van der Waals surface area contributed by atoms with Gasteiger partial charge in [0, 0.05) is 82.2 Å². The van der Waals surface area contributed by atoms with Gasteiger partial charge in [-0.2, -0.15) is 0 Å². The van der Waals surface area contributed by atoms with E-state index < -0.39 is 0 Å². The lowest BCUT2D eigenvalue weighted by Crippen LogP contribution is -2.54. The third kappa shape index (κ3) is 6.62. The van der Waals surface area contributed by atoms with Crippen LogP contribution in [0.2, 0.25) is 0 Å². The van der Waals surface area contributed by atoms with E-state index in [1.807, 2.05) is 28.7 Å². The maximum Gasteiger partial charge on any atom is 0.257 e. The number of nitrogens with zero attached hydrogens (tertiary/aromatic N) is 3. The second-order valence-corrected chi connectivity index (χ2v) is 20.7. The van der Waals surface area contributed by atoms with Crippen LogP contribution in [-0.4, -0.2) is 6.71 Å². The molecule has 3 aliphatic rings. The molecule has 0 fully saturated rings. The Morgan fingerprint density at radius 2 is 0.918 bits per heavy atom. The molecule has 4 nitrogen and oxygen atoms in total. The van der Waals surface area contributed by atoms with E-state index in [-0.39, 0.29) is 6.71 Å². The molecule has 0 unspecified atom stereocenters. The molecule has 0 spiro atoms. The zero-order chi connectivity index (χ0) is 48.0. The molecule has 0 radical (unpaired) electrons. The van der Waals surface area contributed by atoms with Crippen LogP contribution in [0, 0.1) is 0 Å². The molecular weight excluding hydrogens is 926 g/mol. The van der Waals surface area contributed by atoms with Crippen LogP contribution in [0.5, 0.6) is 5.75 Å². The largest absolute Gasteiger partial charge is 0.456 e. The summed E-state index contributed by atoms with van der Waals surface area (Å²) in [5, 5.41) is 4.87. The van der Waals surface area contributed by atoms with Gasteiger partial charge in [-0.05, 0) is 101 Å². The van der Waals surface area contributed by atoms with E-state index >= 15 is 0 Å². The predicted octanol–water partition coefficient (Wildman–Crippen LogP) is 17.2. The molecule has 0 saturated carbocycles. The third-order valence-corrected chi connectivity index (χ3v) is 16.9. The molecule has 0 saturated heterocycles. The summed E-state index contributed by atoms with van der Waals surface area (Å²) in [5.41, 5.74) is 22.8. The quantitative estimate of drug-likeness (QED) is 0.112. The Hall–Kier alpha value is -9.06. The van der Waals surface area contributed by atoms with Crippen LogP contribution < -0.4 is 30.4 Å². The average molecular weight is 966 g/mol. The monoisotopic (exact) mass is 965 g/mol. The molecule has 0 amide bonds. The second-order valence-electron chi connectivity index (χ2n) is 18.6. The summed E-state index contributed by atoms with van der Waals surface area (Å²) in [6.07, 6.45) is 1.99. The summed E-state index contributed by atoms with van der Waals surface area (Å²) in [6, 6.07) is 85.3. The number of ether oxygens (including phenoxy) is 1. The molecule has 7 heteroatoms. The number of thiophene rings is 2. The average Bonchev–Trinajstić information content (AvgIpc) is 4.06. The van der Waals surface area contributed by atoms with E-state index in [2.05, 4.69) is 263 Å². The molecule has 0 atom stereocenters. The summed E-state index contributed by atoms with van der Waals surface area (Å²) < 4.78 is 12.1. The van der Waals surface area contributed by atoms with Crippen LogP contribution in [0.3, 0.4) is 0 Å². The van der Waals surface area contributed by atoms with Crippen LogP contribution in [0.4, 0.5) is 45.5 Å². The van der Waals surface area contributed by atoms with E-state index in [1.54, 1.807) is 0 Å². The number of allylic oxidation sites excluding steroid dienone is 2. The maximum absolute atomic E-state index is 7.26. The fraction of sp³-hybridized carbons (Fsp3) is 0. The van der Waals surface area contributed by atoms with Gasteiger partial charge in [0.15, 0.2) is 0 Å². The van der Waals surface area contributed by atoms with Crippen molar-refractivity contribution in [3.8, 4) is 16.9 Å². The van der Waals surface area contributed by atoms with Crippen molar-refractivity contribution in [1.82, 2.24) is 0 Å². The molecule has 10 aromatic carbocycles. The van der Waals surface area contributed by atoms with Gasteiger partial charge in [-0.3, -0.25) is 0 Å². The lowest BCUT2D eigenvalue weighted by Gasteiger charge is -2.41. The van der Waals surface area contributed by atoms with Crippen molar-refractivity contribution in [2.24, 2.45) is 0 Å². The standard InChI is InChI=1S/C66H40BN3OS2/c1-6-19-43(20-7-1)50-29-16-17-30-57(50)70-58-31-18-32-59-62(58)67(55-39-37-53-51-35-33-48(41-60(51)72-65(53)63(55)70)68(44-21-8-2-9-22-44)45-23-10-3-11-24-45)56-40-38-54-52-36-34-49(42-61(52)73-66(54)64(56)71-59)69(46-25-12-4-13-26-46)47-27-14-5-15-28-47/h1-17,19-30,32-42H. The van der Waals surface area contributed by atoms with Crippen molar-refractivity contribution < 1.29 is 4.74 Å². The van der Waals surface area contributed by atoms with E-state index in [9.17, 15) is 0 Å². The molecule has 0 bridgehead atoms. The van der Waals surface area contributed by atoms with Crippen LogP contribution >= 0.6 is 22.7 Å². The molecule has 2 aromatic heterocycles. The minimum absolute atomic E-state index is 0.122. The van der Waals surface area contributed by atoms with Crippen LogP contribution in [0.1, 0.15) is 0 Å². The molecule has 73 heavy (non-hydrogen) atoms. The zero-order valence-electron chi connectivity index (χ0n) is 39.2. The first kappa shape index (κ1) is 41.7. The molecule has 4 heterocycles. The second kappa shape index (κ2) is 16.8. The molecular formula is C66H40BN3OS2. The van der Waals surface area contributed by atoms with Gasteiger partial charge in [0.05, 0.1) is 26.5 Å². The van der Waals surface area contributed by atoms with E-state index in [0.717, 1.165) is 83.8 Å². The number of benzene rings is 10. The van der Waals surface area contributed by atoms with Gasteiger partial charge in [0.2, 0.25) is 0 Å². The van der Waals surface area contributed by atoms with Gasteiger partial charge in [-0.25, -0.2) is 0 Å². The highest BCUT2D eigenvalue weighted by molar-refractivity contribution is 7.27. The summed E-state index contributed by atoms with van der Waals surface area (Å²) in [6.45, 7) is -0.122. The first-order chi connectivity index (χ1) is 36.2. The summed E-state index contributed by atoms with van der Waals surface area (Å²) in [7, 11) is 0. The topological polar surface area (TPSA) is 19.0 Å². The number of fused-ring (bicyclic) bond motifs is 12. The number of anilines is 8. The molecule has 340 valence electrons. The van der Waals surface area contributed by atoms with E-state index in [1.165, 1.54) is 46.8 Å². The van der Waals surface area contributed by atoms with Gasteiger partial charge in [-0.15, -0.1) is 22.7 Å². The number of hydrogen-bond donors (Lipinski definition) is 0. The maximum atomic E-state index is 7.26. The van der Waals surface area contributed by atoms with Crippen molar-refractivity contribution in [2.45, 2.75) is 0 Å². The lowest BCUT2D eigenvalue weighted by atomic mass is 9.33. The van der Waals surface area contributed by atoms with Gasteiger partial charge in [-0.1, -0.05) is 163 Å². The van der Waals surface area contributed by atoms with Gasteiger partial charge in [0.1, 0.15) is 11.5 Å². The molecule has 12 aromatic rings. The fourth-order valence-electron chi connectivity index (χ4n) is 11.4. The van der Waals surface area contributed by atoms with Crippen molar-refractivity contribution in [3.05, 3.63) is 271 Å². The molecule has 2 aliphatic heterocycles. The highest BCUT2D eigenvalue weighted by Gasteiger charge is 2.46. The first-order valence-electron chi connectivity index (χ1n) is 24.6. The van der Waals surface area contributed by atoms with Crippen molar-refractivity contribution >= 4 is 126 Å². The normalized spacial score (nSPS) is 13.3. The Morgan fingerprint density at radius 3 is 1.49 bits per heavy atom. The smallest absolute Gasteiger partial charge is 0.257 e. The summed E-state index contributed by atoms with van der Waals surface area (Å²) in [5.74, 6) is 1.73. The molecule has 1 aliphatic carbocycles. The van der Waals surface area contributed by atoms with Gasteiger partial charge in [0.25, 0.3) is 6.71 Å².